The van der Waals surface area contributed by atoms with E-state index in [1.165, 1.54) is 6.92 Å². The van der Waals surface area contributed by atoms with Crippen LogP contribution >= 0.6 is 0 Å². The third kappa shape index (κ3) is 5.27. The van der Waals surface area contributed by atoms with E-state index in [0.29, 0.717) is 6.61 Å². The topological polar surface area (TPSA) is 76.0 Å². The number of hydrogen-bond donors (Lipinski definition) is 2. The van der Waals surface area contributed by atoms with Crippen molar-refractivity contribution in [3.05, 3.63) is 35.9 Å². The summed E-state index contributed by atoms with van der Waals surface area (Å²) in [4.78, 5) is 10.6. The molecule has 0 fully saturated rings. The van der Waals surface area contributed by atoms with Gasteiger partial charge in [0.25, 0.3) is 0 Å². The van der Waals surface area contributed by atoms with Crippen molar-refractivity contribution in [2.75, 3.05) is 19.8 Å². The molecule has 1 atom stereocenters. The molecule has 0 saturated carbocycles. The van der Waals surface area contributed by atoms with Gasteiger partial charge in [0, 0.05) is 6.92 Å². The van der Waals surface area contributed by atoms with Gasteiger partial charge in [0.05, 0.1) is 19.8 Å². The molecule has 1 unspecified atom stereocenters. The third-order valence-electron chi connectivity index (χ3n) is 2.32. The highest BCUT2D eigenvalue weighted by Crippen LogP contribution is 2.08. The predicted molar refractivity (Wildman–Crippen MR) is 64.8 cm³/mol. The van der Waals surface area contributed by atoms with E-state index in [0.717, 1.165) is 5.56 Å². The molecule has 18 heavy (non-hydrogen) atoms. The van der Waals surface area contributed by atoms with Crippen LogP contribution in [0.2, 0.25) is 0 Å². The lowest BCUT2D eigenvalue weighted by molar-refractivity contribution is -0.158. The summed E-state index contributed by atoms with van der Waals surface area (Å²) in [5.41, 5.74) is -0.592. The Labute approximate surface area is 106 Å². The molecule has 0 amide bonds. The molecule has 2 N–H and O–H groups in total. The van der Waals surface area contributed by atoms with Crippen LogP contribution in [0.1, 0.15) is 12.5 Å². The zero-order valence-corrected chi connectivity index (χ0v) is 10.3. The van der Waals surface area contributed by atoms with Crippen LogP contribution in [0.4, 0.5) is 0 Å². The van der Waals surface area contributed by atoms with E-state index in [9.17, 15) is 9.90 Å². The maximum Gasteiger partial charge on any atom is 0.302 e. The van der Waals surface area contributed by atoms with E-state index in [4.69, 9.17) is 9.84 Å². The average Bonchev–Trinajstić information content (AvgIpc) is 2.38. The molecule has 0 heterocycles. The van der Waals surface area contributed by atoms with Crippen molar-refractivity contribution in [1.29, 1.82) is 0 Å². The molecule has 5 nitrogen and oxygen atoms in total. The van der Waals surface area contributed by atoms with Crippen LogP contribution in [0, 0.1) is 0 Å². The van der Waals surface area contributed by atoms with Gasteiger partial charge in [-0.05, 0) is 5.56 Å². The molecule has 1 aromatic rings. The number of carbonyl (C=O) groups excluding carboxylic acids is 1. The van der Waals surface area contributed by atoms with Crippen LogP contribution < -0.4 is 0 Å². The zero-order valence-electron chi connectivity index (χ0n) is 10.3. The Morgan fingerprint density at radius 3 is 2.50 bits per heavy atom. The second-order valence-electron chi connectivity index (χ2n) is 4.14. The molecular formula is C13H18O5. The minimum absolute atomic E-state index is 0.105. The van der Waals surface area contributed by atoms with Gasteiger partial charge in [-0.3, -0.25) is 4.79 Å². The fourth-order valence-electron chi connectivity index (χ4n) is 1.30. The highest BCUT2D eigenvalue weighted by molar-refractivity contribution is 5.65. The third-order valence-corrected chi connectivity index (χ3v) is 2.32. The molecule has 0 spiro atoms. The summed E-state index contributed by atoms with van der Waals surface area (Å²) in [6, 6.07) is 9.45. The van der Waals surface area contributed by atoms with Gasteiger partial charge < -0.3 is 19.7 Å². The minimum atomic E-state index is -1.56. The number of carbonyl (C=O) groups is 1. The normalized spacial score (nSPS) is 13.9. The summed E-state index contributed by atoms with van der Waals surface area (Å²) in [7, 11) is 0. The van der Waals surface area contributed by atoms with Crippen molar-refractivity contribution in [3.63, 3.8) is 0 Å². The monoisotopic (exact) mass is 254 g/mol. The lowest BCUT2D eigenvalue weighted by Gasteiger charge is -2.24. The van der Waals surface area contributed by atoms with E-state index >= 15 is 0 Å². The van der Waals surface area contributed by atoms with Gasteiger partial charge in [-0.15, -0.1) is 0 Å². The Morgan fingerprint density at radius 2 is 1.94 bits per heavy atom. The van der Waals surface area contributed by atoms with Crippen molar-refractivity contribution in [1.82, 2.24) is 0 Å². The standard InChI is InChI=1S/C13H18O5/c1-11(15)18-10-13(16,8-14)9-17-7-12-5-3-2-4-6-12/h2-6,14,16H,7-10H2,1H3. The van der Waals surface area contributed by atoms with E-state index < -0.39 is 18.2 Å². The summed E-state index contributed by atoms with van der Waals surface area (Å²) in [6.07, 6.45) is 0. The fraction of sp³-hybridized carbons (Fsp3) is 0.462. The summed E-state index contributed by atoms with van der Waals surface area (Å²) in [6.45, 7) is 0.639. The summed E-state index contributed by atoms with van der Waals surface area (Å²) in [5, 5.41) is 19.0. The summed E-state index contributed by atoms with van der Waals surface area (Å²) < 4.78 is 9.98. The van der Waals surface area contributed by atoms with Crippen LogP contribution in [-0.2, 0) is 20.9 Å². The molecule has 1 rings (SSSR count). The first kappa shape index (κ1) is 14.6. The van der Waals surface area contributed by atoms with Crippen LogP contribution in [0.3, 0.4) is 0 Å². The lowest BCUT2D eigenvalue weighted by atomic mass is 10.1. The quantitative estimate of drug-likeness (QED) is 0.693. The number of aliphatic hydroxyl groups excluding tert-OH is 1. The maximum absolute atomic E-state index is 10.6. The van der Waals surface area contributed by atoms with Crippen LogP contribution in [0.5, 0.6) is 0 Å². The Balaban J connectivity index is 2.36. The Kier molecular flexibility index (Phi) is 5.77. The van der Waals surface area contributed by atoms with E-state index in [2.05, 4.69) is 4.74 Å². The van der Waals surface area contributed by atoms with Crippen LogP contribution in [0.25, 0.3) is 0 Å². The second-order valence-corrected chi connectivity index (χ2v) is 4.14. The number of ether oxygens (including phenoxy) is 2. The first-order valence-corrected chi connectivity index (χ1v) is 5.64. The summed E-state index contributed by atoms with van der Waals surface area (Å²) >= 11 is 0. The molecule has 0 aromatic heterocycles. The van der Waals surface area contributed by atoms with E-state index in [-0.39, 0.29) is 13.2 Å². The molecule has 100 valence electrons. The molecule has 0 bridgehead atoms. The molecule has 0 aliphatic heterocycles. The number of aliphatic hydroxyl groups is 2. The van der Waals surface area contributed by atoms with Gasteiger partial charge in [0.15, 0.2) is 0 Å². The molecule has 5 heteroatoms. The average molecular weight is 254 g/mol. The Bertz CT molecular complexity index is 365. The fourth-order valence-corrected chi connectivity index (χ4v) is 1.30. The second kappa shape index (κ2) is 7.10. The molecule has 0 aliphatic rings. The van der Waals surface area contributed by atoms with E-state index in [1.807, 2.05) is 30.3 Å². The molecule has 1 aromatic carbocycles. The van der Waals surface area contributed by atoms with Gasteiger partial charge in [-0.25, -0.2) is 0 Å². The largest absolute Gasteiger partial charge is 0.463 e. The summed E-state index contributed by atoms with van der Waals surface area (Å²) in [5.74, 6) is -0.509. The van der Waals surface area contributed by atoms with Crippen LogP contribution in [-0.4, -0.2) is 41.6 Å². The highest BCUT2D eigenvalue weighted by Gasteiger charge is 2.28. The van der Waals surface area contributed by atoms with Gasteiger partial charge >= 0.3 is 5.97 Å². The van der Waals surface area contributed by atoms with Crippen molar-refractivity contribution < 1.29 is 24.5 Å². The Morgan fingerprint density at radius 1 is 1.28 bits per heavy atom. The van der Waals surface area contributed by atoms with E-state index in [1.54, 1.807) is 0 Å². The van der Waals surface area contributed by atoms with Gasteiger partial charge in [-0.1, -0.05) is 30.3 Å². The number of esters is 1. The van der Waals surface area contributed by atoms with Crippen molar-refractivity contribution in [3.8, 4) is 0 Å². The van der Waals surface area contributed by atoms with Crippen molar-refractivity contribution in [2.24, 2.45) is 0 Å². The molecule has 0 aliphatic carbocycles. The lowest BCUT2D eigenvalue weighted by Crippen LogP contribution is -2.43. The van der Waals surface area contributed by atoms with Gasteiger partial charge in [0.1, 0.15) is 12.2 Å². The van der Waals surface area contributed by atoms with Crippen molar-refractivity contribution in [2.45, 2.75) is 19.1 Å². The van der Waals surface area contributed by atoms with Gasteiger partial charge in [0.2, 0.25) is 0 Å². The molecule has 0 radical (unpaired) electrons. The number of benzene rings is 1. The van der Waals surface area contributed by atoms with Gasteiger partial charge in [-0.2, -0.15) is 0 Å². The number of hydrogen-bond acceptors (Lipinski definition) is 5. The maximum atomic E-state index is 10.6. The Hall–Kier alpha value is -1.43. The van der Waals surface area contributed by atoms with Crippen LogP contribution in [0.15, 0.2) is 30.3 Å². The SMILES string of the molecule is CC(=O)OCC(O)(CO)COCc1ccccc1. The first-order chi connectivity index (χ1) is 8.56. The zero-order chi connectivity index (χ0) is 13.4. The predicted octanol–water partition coefficient (Wildman–Crippen LogP) is 0.490. The smallest absolute Gasteiger partial charge is 0.302 e. The first-order valence-electron chi connectivity index (χ1n) is 5.64. The number of rotatable bonds is 7. The highest BCUT2D eigenvalue weighted by atomic mass is 16.6. The molecule has 0 saturated heterocycles. The minimum Gasteiger partial charge on any atom is -0.463 e. The molecular weight excluding hydrogens is 236 g/mol. The van der Waals surface area contributed by atoms with Crippen molar-refractivity contribution >= 4 is 5.97 Å².